The maximum atomic E-state index is 4.39. The number of pyridine rings is 1. The molecule has 0 spiro atoms. The van der Waals surface area contributed by atoms with Gasteiger partial charge in [0.1, 0.15) is 0 Å². The van der Waals surface area contributed by atoms with Crippen LogP contribution >= 0.6 is 0 Å². The highest BCUT2D eigenvalue weighted by atomic mass is 15.1. The van der Waals surface area contributed by atoms with E-state index in [9.17, 15) is 0 Å². The summed E-state index contributed by atoms with van der Waals surface area (Å²) in [7, 11) is 4.31. The van der Waals surface area contributed by atoms with Gasteiger partial charge in [0.2, 0.25) is 0 Å². The molecule has 0 bridgehead atoms. The molecule has 18 heavy (non-hydrogen) atoms. The van der Waals surface area contributed by atoms with Crippen LogP contribution in [0.15, 0.2) is 24.4 Å². The second-order valence-electron chi connectivity index (χ2n) is 5.63. The molecule has 3 heteroatoms. The average Bonchev–Trinajstić information content (AvgIpc) is 2.34. The van der Waals surface area contributed by atoms with Crippen LogP contribution in [0.25, 0.3) is 0 Å². The van der Waals surface area contributed by atoms with Gasteiger partial charge in [0, 0.05) is 24.8 Å². The van der Waals surface area contributed by atoms with Crippen molar-refractivity contribution in [3.8, 4) is 0 Å². The Labute approximate surface area is 112 Å². The summed E-state index contributed by atoms with van der Waals surface area (Å²) in [5.74, 6) is 0.726. The van der Waals surface area contributed by atoms with Crippen LogP contribution < -0.4 is 5.32 Å². The van der Waals surface area contributed by atoms with E-state index < -0.39 is 0 Å². The van der Waals surface area contributed by atoms with Crippen molar-refractivity contribution in [2.45, 2.75) is 39.3 Å². The molecular weight excluding hydrogens is 222 g/mol. The molecule has 0 radical (unpaired) electrons. The summed E-state index contributed by atoms with van der Waals surface area (Å²) in [4.78, 5) is 6.69. The minimum atomic E-state index is 0.306. The zero-order chi connectivity index (χ0) is 13.5. The van der Waals surface area contributed by atoms with Crippen LogP contribution in [0.4, 0.5) is 0 Å². The van der Waals surface area contributed by atoms with Gasteiger partial charge in [-0.15, -0.1) is 0 Å². The number of aromatic nitrogens is 1. The van der Waals surface area contributed by atoms with E-state index in [-0.39, 0.29) is 0 Å². The molecule has 0 amide bonds. The lowest BCUT2D eigenvalue weighted by atomic mass is 10.0. The van der Waals surface area contributed by atoms with Gasteiger partial charge in [0.25, 0.3) is 0 Å². The summed E-state index contributed by atoms with van der Waals surface area (Å²) in [5.41, 5.74) is 1.11. The van der Waals surface area contributed by atoms with Crippen LogP contribution in [0, 0.1) is 5.92 Å². The second kappa shape index (κ2) is 7.49. The lowest BCUT2D eigenvalue weighted by Crippen LogP contribution is -2.39. The van der Waals surface area contributed by atoms with Crippen LogP contribution in [0.3, 0.4) is 0 Å². The summed E-state index contributed by atoms with van der Waals surface area (Å²) >= 11 is 0. The normalized spacial score (nSPS) is 15.1. The fourth-order valence-electron chi connectivity index (χ4n) is 2.07. The third-order valence-electron chi connectivity index (χ3n) is 3.26. The third kappa shape index (κ3) is 5.15. The molecule has 1 aromatic heterocycles. The van der Waals surface area contributed by atoms with Crippen molar-refractivity contribution in [3.63, 3.8) is 0 Å². The Balaban J connectivity index is 2.47. The second-order valence-corrected chi connectivity index (χ2v) is 5.63. The average molecular weight is 249 g/mol. The molecule has 1 N–H and O–H groups in total. The van der Waals surface area contributed by atoms with Gasteiger partial charge in [0.05, 0.1) is 5.69 Å². The summed E-state index contributed by atoms with van der Waals surface area (Å²) < 4.78 is 0. The Morgan fingerprint density at radius 1 is 1.22 bits per heavy atom. The Hall–Kier alpha value is -0.930. The highest BCUT2D eigenvalue weighted by Crippen LogP contribution is 2.11. The van der Waals surface area contributed by atoms with Gasteiger partial charge in [-0.1, -0.05) is 19.9 Å². The maximum Gasteiger partial charge on any atom is 0.0570 e. The molecule has 0 aliphatic carbocycles. The largest absolute Gasteiger partial charge is 0.307 e. The number of hydrogen-bond acceptors (Lipinski definition) is 3. The van der Waals surface area contributed by atoms with E-state index in [1.807, 2.05) is 18.3 Å². The predicted molar refractivity (Wildman–Crippen MR) is 77.6 cm³/mol. The summed E-state index contributed by atoms with van der Waals surface area (Å²) in [5, 5.41) is 3.58. The molecule has 0 aliphatic heterocycles. The van der Waals surface area contributed by atoms with Crippen molar-refractivity contribution in [3.05, 3.63) is 30.1 Å². The van der Waals surface area contributed by atoms with E-state index >= 15 is 0 Å². The molecule has 0 saturated heterocycles. The lowest BCUT2D eigenvalue weighted by Gasteiger charge is -2.27. The molecule has 1 aromatic rings. The highest BCUT2D eigenvalue weighted by Gasteiger charge is 2.15. The van der Waals surface area contributed by atoms with Crippen LogP contribution in [-0.2, 0) is 0 Å². The van der Waals surface area contributed by atoms with Gasteiger partial charge in [-0.05, 0) is 45.5 Å². The number of rotatable bonds is 7. The van der Waals surface area contributed by atoms with E-state index in [0.29, 0.717) is 12.1 Å². The van der Waals surface area contributed by atoms with E-state index in [1.54, 1.807) is 0 Å². The van der Waals surface area contributed by atoms with E-state index in [1.165, 1.54) is 6.42 Å². The molecule has 102 valence electrons. The summed E-state index contributed by atoms with van der Waals surface area (Å²) in [6.07, 6.45) is 3.07. The first-order chi connectivity index (χ1) is 8.50. The van der Waals surface area contributed by atoms with Gasteiger partial charge in [-0.3, -0.25) is 4.98 Å². The van der Waals surface area contributed by atoms with Gasteiger partial charge < -0.3 is 10.2 Å². The molecule has 2 atom stereocenters. The molecule has 0 saturated carbocycles. The molecule has 2 unspecified atom stereocenters. The first-order valence-electron chi connectivity index (χ1n) is 6.81. The van der Waals surface area contributed by atoms with Crippen LogP contribution in [0.2, 0.25) is 0 Å². The Morgan fingerprint density at radius 2 is 1.94 bits per heavy atom. The zero-order valence-corrected chi connectivity index (χ0v) is 12.4. The molecule has 1 rings (SSSR count). The fourth-order valence-corrected chi connectivity index (χ4v) is 2.07. The minimum Gasteiger partial charge on any atom is -0.307 e. The molecule has 0 aromatic carbocycles. The number of nitrogens with zero attached hydrogens (tertiary/aromatic N) is 2. The van der Waals surface area contributed by atoms with Gasteiger partial charge >= 0.3 is 0 Å². The monoisotopic (exact) mass is 249 g/mol. The first kappa shape index (κ1) is 15.1. The predicted octanol–water partition coefficient (Wildman–Crippen LogP) is 2.71. The Bertz CT molecular complexity index is 322. The van der Waals surface area contributed by atoms with E-state index in [4.69, 9.17) is 0 Å². The third-order valence-corrected chi connectivity index (χ3v) is 3.26. The first-order valence-corrected chi connectivity index (χ1v) is 6.81. The van der Waals surface area contributed by atoms with Gasteiger partial charge in [-0.25, -0.2) is 0 Å². The summed E-state index contributed by atoms with van der Waals surface area (Å²) in [6.45, 7) is 7.73. The van der Waals surface area contributed by atoms with Crippen molar-refractivity contribution in [2.75, 3.05) is 20.6 Å². The molecule has 0 aliphatic rings. The topological polar surface area (TPSA) is 28.2 Å². The Kier molecular flexibility index (Phi) is 6.30. The van der Waals surface area contributed by atoms with Crippen LogP contribution in [0.1, 0.15) is 38.9 Å². The van der Waals surface area contributed by atoms with Crippen LogP contribution in [-0.4, -0.2) is 36.6 Å². The number of nitrogens with one attached hydrogen (secondary N) is 1. The highest BCUT2D eigenvalue weighted by molar-refractivity contribution is 5.07. The van der Waals surface area contributed by atoms with E-state index in [0.717, 1.165) is 18.2 Å². The van der Waals surface area contributed by atoms with Gasteiger partial charge in [-0.2, -0.15) is 0 Å². The van der Waals surface area contributed by atoms with Gasteiger partial charge in [0.15, 0.2) is 0 Å². The zero-order valence-electron chi connectivity index (χ0n) is 12.4. The molecule has 3 nitrogen and oxygen atoms in total. The quantitative estimate of drug-likeness (QED) is 0.805. The molecule has 1 heterocycles. The number of likely N-dealkylation sites (N-methyl/N-ethyl adjacent to an activating group) is 1. The SMILES string of the molecule is CC(C)CC(CNC(C)c1ccccn1)N(C)C. The van der Waals surface area contributed by atoms with E-state index in [2.05, 4.69) is 56.1 Å². The molecular formula is C15H27N3. The van der Waals surface area contributed by atoms with Crippen molar-refractivity contribution in [2.24, 2.45) is 5.92 Å². The standard InChI is InChI=1S/C15H27N3/c1-12(2)10-14(18(4)5)11-17-13(3)15-8-6-7-9-16-15/h6-9,12-14,17H,10-11H2,1-5H3. The number of hydrogen-bond donors (Lipinski definition) is 1. The molecule has 0 fully saturated rings. The van der Waals surface area contributed by atoms with Crippen molar-refractivity contribution in [1.82, 2.24) is 15.2 Å². The smallest absolute Gasteiger partial charge is 0.0570 e. The van der Waals surface area contributed by atoms with Crippen molar-refractivity contribution in [1.29, 1.82) is 0 Å². The van der Waals surface area contributed by atoms with Crippen molar-refractivity contribution >= 4 is 0 Å². The van der Waals surface area contributed by atoms with Crippen molar-refractivity contribution < 1.29 is 0 Å². The maximum absolute atomic E-state index is 4.39. The fraction of sp³-hybridized carbons (Fsp3) is 0.667. The Morgan fingerprint density at radius 3 is 2.44 bits per heavy atom. The summed E-state index contributed by atoms with van der Waals surface area (Å²) in [6, 6.07) is 6.96. The lowest BCUT2D eigenvalue weighted by molar-refractivity contribution is 0.241. The minimum absolute atomic E-state index is 0.306. The van der Waals surface area contributed by atoms with Crippen LogP contribution in [0.5, 0.6) is 0 Å².